The molecule has 0 unspecified atom stereocenters. The number of halogens is 6. The van der Waals surface area contributed by atoms with Gasteiger partial charge < -0.3 is 4.74 Å². The van der Waals surface area contributed by atoms with E-state index in [1.807, 2.05) is 0 Å². The van der Waals surface area contributed by atoms with Crippen LogP contribution < -0.4 is 0 Å². The molecule has 27 heavy (non-hydrogen) atoms. The van der Waals surface area contributed by atoms with Gasteiger partial charge in [-0.2, -0.15) is 26.3 Å². The molecule has 138 valence electrons. The number of rotatable bonds is 0. The van der Waals surface area contributed by atoms with Crippen LogP contribution in [-0.4, -0.2) is 11.9 Å². The van der Waals surface area contributed by atoms with Crippen LogP contribution in [0.5, 0.6) is 0 Å². The minimum absolute atomic E-state index is 0.00218. The van der Waals surface area contributed by atoms with Gasteiger partial charge in [-0.05, 0) is 36.4 Å². The van der Waals surface area contributed by atoms with E-state index in [2.05, 4.69) is 16.6 Å². The molecule has 3 rings (SSSR count). The molecule has 0 saturated carbocycles. The molecule has 0 aliphatic carbocycles. The van der Waals surface area contributed by atoms with Crippen molar-refractivity contribution in [3.8, 4) is 11.8 Å². The number of carbonyl (C=O) groups excluding carboxylic acids is 2. The molecule has 9 heteroatoms. The maximum atomic E-state index is 12.8. The molecule has 1 aliphatic heterocycles. The Morgan fingerprint density at radius 3 is 1.74 bits per heavy atom. The molecule has 0 atom stereocenters. The summed E-state index contributed by atoms with van der Waals surface area (Å²) < 4.78 is 81.4. The zero-order valence-electron chi connectivity index (χ0n) is 13.0. The zero-order valence-corrected chi connectivity index (χ0v) is 13.0. The third kappa shape index (κ3) is 3.79. The van der Waals surface area contributed by atoms with Crippen LogP contribution in [0, 0.1) is 11.8 Å². The number of carbonyl (C=O) groups is 2. The Hall–Kier alpha value is -3.28. The van der Waals surface area contributed by atoms with Crippen molar-refractivity contribution in [3.05, 3.63) is 69.8 Å². The average Bonchev–Trinajstić information content (AvgIpc) is 2.85. The van der Waals surface area contributed by atoms with Gasteiger partial charge in [0, 0.05) is 11.1 Å². The van der Waals surface area contributed by atoms with Gasteiger partial charge in [-0.3, -0.25) is 0 Å². The van der Waals surface area contributed by atoms with E-state index >= 15 is 0 Å². The fourth-order valence-electron chi connectivity index (χ4n) is 2.33. The summed E-state index contributed by atoms with van der Waals surface area (Å²) in [7, 11) is 0. The van der Waals surface area contributed by atoms with Crippen molar-refractivity contribution in [3.63, 3.8) is 0 Å². The van der Waals surface area contributed by atoms with E-state index in [0.29, 0.717) is 12.1 Å². The largest absolute Gasteiger partial charge is 0.416 e. The van der Waals surface area contributed by atoms with E-state index in [9.17, 15) is 35.9 Å². The summed E-state index contributed by atoms with van der Waals surface area (Å²) in [6, 6.07) is 4.70. The minimum atomic E-state index is -4.98. The molecule has 2 aromatic rings. The first kappa shape index (κ1) is 18.5. The van der Waals surface area contributed by atoms with E-state index in [1.54, 1.807) is 0 Å². The molecule has 1 aliphatic rings. The molecule has 0 fully saturated rings. The van der Waals surface area contributed by atoms with Crippen LogP contribution in [0.2, 0.25) is 0 Å². The third-order valence-corrected chi connectivity index (χ3v) is 3.58. The summed E-state index contributed by atoms with van der Waals surface area (Å²) >= 11 is 0. The quantitative estimate of drug-likeness (QED) is 0.292. The fraction of sp³-hybridized carbons (Fsp3) is 0.111. The minimum Gasteiger partial charge on any atom is -0.386 e. The Morgan fingerprint density at radius 2 is 1.19 bits per heavy atom. The summed E-state index contributed by atoms with van der Waals surface area (Å²) in [4.78, 5) is 22.8. The van der Waals surface area contributed by atoms with E-state index < -0.39 is 41.0 Å². The number of benzene rings is 2. The molecular formula is C18H6F6O3. The Balaban J connectivity index is 2.03. The highest BCUT2D eigenvalue weighted by Gasteiger charge is 2.36. The van der Waals surface area contributed by atoms with Crippen molar-refractivity contribution in [1.82, 2.24) is 0 Å². The first-order valence-corrected chi connectivity index (χ1v) is 7.17. The summed E-state index contributed by atoms with van der Waals surface area (Å²) in [6.07, 6.45) is -9.95. The van der Waals surface area contributed by atoms with Crippen molar-refractivity contribution < 1.29 is 40.7 Å². The predicted octanol–water partition coefficient (Wildman–Crippen LogP) is 4.43. The SMILES string of the molecule is O=C1OC(=O)c2cc(C#Cc3cc(C(F)(F)F)cc(C(F)(F)F)c3)ccc21. The van der Waals surface area contributed by atoms with Crippen molar-refractivity contribution >= 4 is 11.9 Å². The number of hydrogen-bond acceptors (Lipinski definition) is 3. The van der Waals surface area contributed by atoms with Crippen LogP contribution in [-0.2, 0) is 17.1 Å². The molecular weight excluding hydrogens is 378 g/mol. The van der Waals surface area contributed by atoms with Gasteiger partial charge in [0.25, 0.3) is 0 Å². The summed E-state index contributed by atoms with van der Waals surface area (Å²) in [5.74, 6) is 2.85. The molecule has 1 heterocycles. The number of esters is 2. The van der Waals surface area contributed by atoms with Gasteiger partial charge in [-0.1, -0.05) is 11.8 Å². The Morgan fingerprint density at radius 1 is 0.667 bits per heavy atom. The van der Waals surface area contributed by atoms with Crippen LogP contribution in [0.1, 0.15) is 43.0 Å². The van der Waals surface area contributed by atoms with Gasteiger partial charge in [-0.15, -0.1) is 0 Å². The van der Waals surface area contributed by atoms with Crippen molar-refractivity contribution in [1.29, 1.82) is 0 Å². The highest BCUT2D eigenvalue weighted by atomic mass is 19.4. The summed E-state index contributed by atoms with van der Waals surface area (Å²) in [6.45, 7) is 0. The summed E-state index contributed by atoms with van der Waals surface area (Å²) in [5, 5.41) is 0. The number of alkyl halides is 6. The van der Waals surface area contributed by atoms with E-state index in [-0.39, 0.29) is 22.8 Å². The zero-order chi connectivity index (χ0) is 20.0. The maximum absolute atomic E-state index is 12.8. The van der Waals surface area contributed by atoms with Gasteiger partial charge in [0.05, 0.1) is 22.3 Å². The molecule has 0 spiro atoms. The molecule has 0 aromatic heterocycles. The molecule has 0 N–H and O–H groups in total. The highest BCUT2D eigenvalue weighted by Crippen LogP contribution is 2.36. The second-order valence-corrected chi connectivity index (χ2v) is 5.48. The lowest BCUT2D eigenvalue weighted by atomic mass is 10.0. The summed E-state index contributed by atoms with van der Waals surface area (Å²) in [5.41, 5.74) is -3.42. The topological polar surface area (TPSA) is 43.4 Å². The molecule has 3 nitrogen and oxygen atoms in total. The standard InChI is InChI=1S/C18H6F6O3/c19-17(20,21)11-5-10(6-12(8-11)18(22,23)24)2-1-9-3-4-13-14(7-9)16(26)27-15(13)25/h3-8H. The monoisotopic (exact) mass is 384 g/mol. The fourth-order valence-corrected chi connectivity index (χ4v) is 2.33. The van der Waals surface area contributed by atoms with Crippen molar-refractivity contribution in [2.24, 2.45) is 0 Å². The van der Waals surface area contributed by atoms with Gasteiger partial charge in [0.1, 0.15) is 0 Å². The second kappa shape index (κ2) is 6.16. The van der Waals surface area contributed by atoms with Crippen molar-refractivity contribution in [2.75, 3.05) is 0 Å². The maximum Gasteiger partial charge on any atom is 0.416 e. The number of cyclic esters (lactones) is 2. The normalized spacial score (nSPS) is 13.7. The lowest BCUT2D eigenvalue weighted by Crippen LogP contribution is -2.11. The first-order valence-electron chi connectivity index (χ1n) is 7.17. The first-order chi connectivity index (χ1) is 12.4. The predicted molar refractivity (Wildman–Crippen MR) is 78.6 cm³/mol. The number of ether oxygens (including phenoxy) is 1. The Kier molecular flexibility index (Phi) is 4.22. The van der Waals surface area contributed by atoms with Crippen LogP contribution in [0.25, 0.3) is 0 Å². The molecule has 0 radical (unpaired) electrons. The van der Waals surface area contributed by atoms with Crippen LogP contribution in [0.4, 0.5) is 26.3 Å². The Labute approximate surface area is 147 Å². The Bertz CT molecular complexity index is 990. The van der Waals surface area contributed by atoms with Crippen LogP contribution >= 0.6 is 0 Å². The van der Waals surface area contributed by atoms with Crippen LogP contribution in [0.15, 0.2) is 36.4 Å². The lowest BCUT2D eigenvalue weighted by molar-refractivity contribution is -0.143. The molecule has 0 amide bonds. The third-order valence-electron chi connectivity index (χ3n) is 3.58. The molecule has 0 saturated heterocycles. The van der Waals surface area contributed by atoms with E-state index in [1.165, 1.54) is 18.2 Å². The van der Waals surface area contributed by atoms with E-state index in [4.69, 9.17) is 0 Å². The van der Waals surface area contributed by atoms with Gasteiger partial charge >= 0.3 is 24.3 Å². The highest BCUT2D eigenvalue weighted by molar-refractivity contribution is 6.14. The van der Waals surface area contributed by atoms with Crippen LogP contribution in [0.3, 0.4) is 0 Å². The van der Waals surface area contributed by atoms with Crippen molar-refractivity contribution in [2.45, 2.75) is 12.4 Å². The molecule has 0 bridgehead atoms. The van der Waals surface area contributed by atoms with Gasteiger partial charge in [0.2, 0.25) is 0 Å². The number of hydrogen-bond donors (Lipinski definition) is 0. The van der Waals surface area contributed by atoms with Gasteiger partial charge in [0.15, 0.2) is 0 Å². The van der Waals surface area contributed by atoms with Gasteiger partial charge in [-0.25, -0.2) is 9.59 Å². The molecule has 2 aromatic carbocycles. The smallest absolute Gasteiger partial charge is 0.386 e. The average molecular weight is 384 g/mol. The lowest BCUT2D eigenvalue weighted by Gasteiger charge is -2.12. The number of fused-ring (bicyclic) bond motifs is 1. The van der Waals surface area contributed by atoms with E-state index in [0.717, 1.165) is 0 Å². The second-order valence-electron chi connectivity index (χ2n) is 5.48.